The van der Waals surface area contributed by atoms with E-state index in [-0.39, 0.29) is 0 Å². The minimum atomic E-state index is -2.85. The van der Waals surface area contributed by atoms with Gasteiger partial charge in [0.05, 0.1) is 40.0 Å². The summed E-state index contributed by atoms with van der Waals surface area (Å²) in [5.74, 6) is -1.96. The maximum Gasteiger partial charge on any atom is 0.262 e. The topological polar surface area (TPSA) is 68.8 Å². The van der Waals surface area contributed by atoms with E-state index in [1.165, 1.54) is 21.3 Å². The van der Waals surface area contributed by atoms with Crippen LogP contribution in [0.4, 0.5) is 8.78 Å². The standard InChI is InChI=1S/C16H22F2N2O4/c1-9(20-15(21)11-7-16(17,18)8-19-11)10-5-12(22-2)14(24-4)13(6-10)23-3/h5-6,9,11,19H,7-8H2,1-4H3,(H,20,21). The first-order valence-electron chi connectivity index (χ1n) is 7.52. The molecule has 0 saturated carbocycles. The molecule has 0 aromatic heterocycles. The van der Waals surface area contributed by atoms with Gasteiger partial charge in [0.25, 0.3) is 5.92 Å². The van der Waals surface area contributed by atoms with Gasteiger partial charge >= 0.3 is 0 Å². The van der Waals surface area contributed by atoms with Crippen LogP contribution in [0, 0.1) is 0 Å². The van der Waals surface area contributed by atoms with Gasteiger partial charge in [0.2, 0.25) is 11.7 Å². The summed E-state index contributed by atoms with van der Waals surface area (Å²) >= 11 is 0. The van der Waals surface area contributed by atoms with Crippen LogP contribution < -0.4 is 24.8 Å². The van der Waals surface area contributed by atoms with E-state index in [0.29, 0.717) is 22.8 Å². The fourth-order valence-electron chi connectivity index (χ4n) is 2.65. The summed E-state index contributed by atoms with van der Waals surface area (Å²) in [5.41, 5.74) is 0.711. The first kappa shape index (κ1) is 18.3. The van der Waals surface area contributed by atoms with Crippen LogP contribution in [0.25, 0.3) is 0 Å². The van der Waals surface area contributed by atoms with Crippen molar-refractivity contribution in [1.29, 1.82) is 0 Å². The highest BCUT2D eigenvalue weighted by molar-refractivity contribution is 5.82. The molecule has 0 aliphatic carbocycles. The van der Waals surface area contributed by atoms with Gasteiger partial charge in [0, 0.05) is 6.42 Å². The van der Waals surface area contributed by atoms with Crippen molar-refractivity contribution in [2.75, 3.05) is 27.9 Å². The number of carbonyl (C=O) groups is 1. The number of amides is 1. The summed E-state index contributed by atoms with van der Waals surface area (Å²) in [6.07, 6.45) is -0.499. The van der Waals surface area contributed by atoms with Crippen molar-refractivity contribution in [2.45, 2.75) is 31.4 Å². The summed E-state index contributed by atoms with van der Waals surface area (Å²) in [6.45, 7) is 1.27. The second kappa shape index (κ2) is 7.21. The molecule has 1 aromatic carbocycles. The van der Waals surface area contributed by atoms with Crippen molar-refractivity contribution >= 4 is 5.91 Å². The highest BCUT2D eigenvalue weighted by atomic mass is 19.3. The second-order valence-electron chi connectivity index (χ2n) is 5.68. The average molecular weight is 344 g/mol. The van der Waals surface area contributed by atoms with Crippen LogP contribution in [-0.4, -0.2) is 45.7 Å². The van der Waals surface area contributed by atoms with E-state index in [1.807, 2.05) is 0 Å². The van der Waals surface area contributed by atoms with Gasteiger partial charge in [-0.3, -0.25) is 10.1 Å². The fourth-order valence-corrected chi connectivity index (χ4v) is 2.65. The van der Waals surface area contributed by atoms with E-state index in [4.69, 9.17) is 14.2 Å². The van der Waals surface area contributed by atoms with Crippen LogP contribution in [0.3, 0.4) is 0 Å². The van der Waals surface area contributed by atoms with Gasteiger partial charge < -0.3 is 19.5 Å². The molecular weight excluding hydrogens is 322 g/mol. The highest BCUT2D eigenvalue weighted by Gasteiger charge is 2.42. The monoisotopic (exact) mass is 344 g/mol. The number of halogens is 2. The fraction of sp³-hybridized carbons (Fsp3) is 0.562. The molecule has 0 spiro atoms. The summed E-state index contributed by atoms with van der Waals surface area (Å²) in [6, 6.07) is 2.11. The number of carbonyl (C=O) groups excluding carboxylic acids is 1. The maximum atomic E-state index is 13.2. The third-order valence-electron chi connectivity index (χ3n) is 3.97. The number of hydrogen-bond acceptors (Lipinski definition) is 5. The Kier molecular flexibility index (Phi) is 5.48. The van der Waals surface area contributed by atoms with E-state index in [0.717, 1.165) is 0 Å². The number of alkyl halides is 2. The van der Waals surface area contributed by atoms with Crippen LogP contribution in [0.15, 0.2) is 12.1 Å². The van der Waals surface area contributed by atoms with Gasteiger partial charge in [-0.25, -0.2) is 8.78 Å². The molecule has 1 aliphatic rings. The van der Waals surface area contributed by atoms with Crippen molar-refractivity contribution in [2.24, 2.45) is 0 Å². The van der Waals surface area contributed by atoms with Crippen LogP contribution in [-0.2, 0) is 4.79 Å². The quantitative estimate of drug-likeness (QED) is 0.825. The number of ether oxygens (including phenoxy) is 3. The number of rotatable bonds is 6. The molecule has 2 atom stereocenters. The van der Waals surface area contributed by atoms with Crippen LogP contribution in [0.5, 0.6) is 17.2 Å². The Labute approximate surface area is 139 Å². The molecule has 1 saturated heterocycles. The van der Waals surface area contributed by atoms with E-state index in [9.17, 15) is 13.6 Å². The molecule has 134 valence electrons. The molecule has 1 fully saturated rings. The molecule has 2 rings (SSSR count). The molecule has 24 heavy (non-hydrogen) atoms. The Morgan fingerprint density at radius 3 is 2.25 bits per heavy atom. The molecule has 1 aromatic rings. The summed E-state index contributed by atoms with van der Waals surface area (Å²) in [7, 11) is 4.49. The van der Waals surface area contributed by atoms with Gasteiger partial charge in [-0.2, -0.15) is 0 Å². The van der Waals surface area contributed by atoms with Crippen molar-refractivity contribution in [3.05, 3.63) is 17.7 Å². The van der Waals surface area contributed by atoms with Gasteiger partial charge in [-0.15, -0.1) is 0 Å². The highest BCUT2D eigenvalue weighted by Crippen LogP contribution is 2.39. The van der Waals surface area contributed by atoms with Gasteiger partial charge in [0.15, 0.2) is 11.5 Å². The first-order chi connectivity index (χ1) is 11.3. The maximum absolute atomic E-state index is 13.2. The minimum Gasteiger partial charge on any atom is -0.493 e. The third-order valence-corrected chi connectivity index (χ3v) is 3.97. The predicted molar refractivity (Wildman–Crippen MR) is 84.0 cm³/mol. The Morgan fingerprint density at radius 2 is 1.83 bits per heavy atom. The zero-order valence-electron chi connectivity index (χ0n) is 14.1. The van der Waals surface area contributed by atoms with Gasteiger partial charge in [-0.1, -0.05) is 0 Å². The van der Waals surface area contributed by atoms with Crippen LogP contribution >= 0.6 is 0 Å². The normalized spacial score (nSPS) is 20.3. The van der Waals surface area contributed by atoms with E-state index < -0.39 is 36.9 Å². The SMILES string of the molecule is COc1cc(C(C)NC(=O)C2CC(F)(F)CN2)cc(OC)c1OC. The first-order valence-corrected chi connectivity index (χ1v) is 7.52. The Hall–Kier alpha value is -2.09. The number of methoxy groups -OCH3 is 3. The zero-order valence-corrected chi connectivity index (χ0v) is 14.1. The average Bonchev–Trinajstić information content (AvgIpc) is 2.93. The largest absolute Gasteiger partial charge is 0.493 e. The molecule has 2 N–H and O–H groups in total. The molecule has 6 nitrogen and oxygen atoms in total. The Morgan fingerprint density at radius 1 is 1.25 bits per heavy atom. The van der Waals surface area contributed by atoms with Crippen LogP contribution in [0.1, 0.15) is 24.9 Å². The summed E-state index contributed by atoms with van der Waals surface area (Å²) in [5, 5.41) is 5.26. The lowest BCUT2D eigenvalue weighted by Crippen LogP contribution is -2.41. The number of nitrogens with one attached hydrogen (secondary N) is 2. The molecular formula is C16H22F2N2O4. The van der Waals surface area contributed by atoms with Crippen molar-refractivity contribution in [1.82, 2.24) is 10.6 Å². The van der Waals surface area contributed by atoms with Crippen LogP contribution in [0.2, 0.25) is 0 Å². The predicted octanol–water partition coefficient (Wildman–Crippen LogP) is 1.89. The lowest BCUT2D eigenvalue weighted by molar-refractivity contribution is -0.124. The zero-order chi connectivity index (χ0) is 17.9. The molecule has 8 heteroatoms. The van der Waals surface area contributed by atoms with Crippen molar-refractivity contribution in [3.8, 4) is 17.2 Å². The van der Waals surface area contributed by atoms with Crippen molar-refractivity contribution in [3.63, 3.8) is 0 Å². The molecule has 0 radical (unpaired) electrons. The van der Waals surface area contributed by atoms with Crippen molar-refractivity contribution < 1.29 is 27.8 Å². The lowest BCUT2D eigenvalue weighted by atomic mass is 10.1. The van der Waals surface area contributed by atoms with Gasteiger partial charge in [0.1, 0.15) is 0 Å². The molecule has 0 bridgehead atoms. The minimum absolute atomic E-state index is 0.415. The van der Waals surface area contributed by atoms with E-state index in [2.05, 4.69) is 10.6 Å². The summed E-state index contributed by atoms with van der Waals surface area (Å²) in [4.78, 5) is 12.2. The van der Waals surface area contributed by atoms with E-state index >= 15 is 0 Å². The molecule has 1 aliphatic heterocycles. The molecule has 2 unspecified atom stereocenters. The summed E-state index contributed by atoms with van der Waals surface area (Å²) < 4.78 is 42.2. The number of benzene rings is 1. The smallest absolute Gasteiger partial charge is 0.262 e. The van der Waals surface area contributed by atoms with E-state index in [1.54, 1.807) is 19.1 Å². The lowest BCUT2D eigenvalue weighted by Gasteiger charge is -2.20. The van der Waals surface area contributed by atoms with Gasteiger partial charge in [-0.05, 0) is 24.6 Å². The second-order valence-corrected chi connectivity index (χ2v) is 5.68. The molecule has 1 heterocycles. The Bertz CT molecular complexity index is 585. The third kappa shape index (κ3) is 3.87. The number of hydrogen-bond donors (Lipinski definition) is 2. The Balaban J connectivity index is 2.14. The molecule has 1 amide bonds.